The van der Waals surface area contributed by atoms with Gasteiger partial charge in [0.25, 0.3) is 0 Å². The fraction of sp³-hybridized carbons (Fsp3) is 0. The molecule has 3 rings (SSSR count). The molecular weight excluding hydrogens is 270 g/mol. The summed E-state index contributed by atoms with van der Waals surface area (Å²) in [6.07, 6.45) is 0. The Hall–Kier alpha value is -3.22. The smallest absolute Gasteiger partial charge is 0.248 e. The summed E-state index contributed by atoms with van der Waals surface area (Å²) in [5.41, 5.74) is 8.04. The normalized spacial score (nSPS) is 9.71. The van der Waals surface area contributed by atoms with Crippen LogP contribution in [-0.4, -0.2) is 16.0 Å². The average molecular weight is 283 g/mol. The minimum absolute atomic E-state index is 0.662. The number of aromatic nitrogens is 1. The van der Waals surface area contributed by atoms with Crippen LogP contribution in [-0.2, 0) is 0 Å². The van der Waals surface area contributed by atoms with Gasteiger partial charge in [0.2, 0.25) is 5.96 Å². The molecule has 3 aromatic rings. The molecule has 7 heteroatoms. The van der Waals surface area contributed by atoms with E-state index in [9.17, 15) is 10.1 Å². The number of pyridine rings is 1. The van der Waals surface area contributed by atoms with Gasteiger partial charge in [-0.1, -0.05) is 41.8 Å². The molecular formula is C14H13N5O2. The summed E-state index contributed by atoms with van der Waals surface area (Å²) in [6, 6.07) is 18.6. The highest BCUT2D eigenvalue weighted by molar-refractivity contribution is 5.92. The van der Waals surface area contributed by atoms with Crippen LogP contribution >= 0.6 is 0 Å². The van der Waals surface area contributed by atoms with Crippen molar-refractivity contribution in [2.24, 2.45) is 5.73 Å². The first-order chi connectivity index (χ1) is 10.1. The van der Waals surface area contributed by atoms with E-state index in [1.807, 2.05) is 36.4 Å². The van der Waals surface area contributed by atoms with Gasteiger partial charge in [0.05, 0.1) is 11.0 Å². The van der Waals surface area contributed by atoms with E-state index in [2.05, 4.69) is 28.9 Å². The third kappa shape index (κ3) is 3.87. The molecule has 0 aliphatic carbocycles. The van der Waals surface area contributed by atoms with Crippen LogP contribution in [0.4, 0.5) is 0 Å². The molecule has 0 saturated heterocycles. The number of hydrogen-bond acceptors (Lipinski definition) is 4. The number of benzene rings is 2. The molecule has 0 radical (unpaired) electrons. The van der Waals surface area contributed by atoms with Crippen molar-refractivity contribution < 1.29 is 5.03 Å². The predicted molar refractivity (Wildman–Crippen MR) is 81.3 cm³/mol. The first-order valence-electron chi connectivity index (χ1n) is 6.06. The summed E-state index contributed by atoms with van der Waals surface area (Å²) in [4.78, 5) is 13.9. The Bertz CT molecular complexity index is 686. The van der Waals surface area contributed by atoms with Gasteiger partial charge in [-0.05, 0) is 18.2 Å². The predicted octanol–water partition coefficient (Wildman–Crippen LogP) is 2.05. The molecule has 0 saturated carbocycles. The van der Waals surface area contributed by atoms with Gasteiger partial charge in [-0.2, -0.15) is 0 Å². The fourth-order valence-electron chi connectivity index (χ4n) is 1.82. The number of nitrogens with two attached hydrogens (primary N) is 1. The number of nitro groups is 1. The number of guanidine groups is 1. The molecule has 7 nitrogen and oxygen atoms in total. The van der Waals surface area contributed by atoms with Crippen molar-refractivity contribution in [2.45, 2.75) is 0 Å². The summed E-state index contributed by atoms with van der Waals surface area (Å²) in [6.45, 7) is 0. The van der Waals surface area contributed by atoms with Crippen molar-refractivity contribution in [2.75, 3.05) is 0 Å². The number of hydrogen-bond donors (Lipinski definition) is 3. The first kappa shape index (κ1) is 14.2. The van der Waals surface area contributed by atoms with Gasteiger partial charge in [-0.3, -0.25) is 5.41 Å². The van der Waals surface area contributed by atoms with E-state index in [0.717, 1.165) is 11.0 Å². The third-order valence-electron chi connectivity index (χ3n) is 2.64. The van der Waals surface area contributed by atoms with Gasteiger partial charge in [-0.15, -0.1) is 0 Å². The number of nitrogens with zero attached hydrogens (tertiary/aromatic N) is 2. The van der Waals surface area contributed by atoms with Crippen LogP contribution in [0, 0.1) is 15.5 Å². The van der Waals surface area contributed by atoms with Gasteiger partial charge in [0.15, 0.2) is 5.03 Å². The Morgan fingerprint density at radius 3 is 1.95 bits per heavy atom. The maximum absolute atomic E-state index is 9.28. The lowest BCUT2D eigenvalue weighted by molar-refractivity contribution is -0.525. The molecule has 0 atom stereocenters. The molecule has 0 aliphatic rings. The van der Waals surface area contributed by atoms with Crippen LogP contribution in [0.3, 0.4) is 0 Å². The molecule has 0 amide bonds. The second-order valence-electron chi connectivity index (χ2n) is 4.16. The molecule has 2 aromatic carbocycles. The van der Waals surface area contributed by atoms with E-state index in [1.165, 1.54) is 16.2 Å². The zero-order valence-corrected chi connectivity index (χ0v) is 11.0. The molecule has 1 aromatic heterocycles. The van der Waals surface area contributed by atoms with E-state index in [0.29, 0.717) is 0 Å². The molecule has 21 heavy (non-hydrogen) atoms. The minimum atomic E-state index is -0.900. The monoisotopic (exact) mass is 283 g/mol. The number of hydrazine groups is 1. The quantitative estimate of drug-likeness (QED) is 0.208. The second-order valence-corrected chi connectivity index (χ2v) is 4.16. The molecule has 0 fully saturated rings. The van der Waals surface area contributed by atoms with Gasteiger partial charge in [0.1, 0.15) is 0 Å². The van der Waals surface area contributed by atoms with Gasteiger partial charge in [-0.25, -0.2) is 15.1 Å². The maximum atomic E-state index is 9.28. The highest BCUT2D eigenvalue weighted by Gasteiger charge is 1.96. The summed E-state index contributed by atoms with van der Waals surface area (Å²) >= 11 is 0. The highest BCUT2D eigenvalue weighted by atomic mass is 16.7. The molecule has 4 N–H and O–H groups in total. The van der Waals surface area contributed by atoms with Crippen LogP contribution in [0.2, 0.25) is 0 Å². The van der Waals surface area contributed by atoms with Crippen molar-refractivity contribution in [3.05, 3.63) is 64.7 Å². The zero-order chi connectivity index (χ0) is 15.2. The number of nitrogens with one attached hydrogen (secondary N) is 2. The van der Waals surface area contributed by atoms with E-state index in [-0.39, 0.29) is 0 Å². The van der Waals surface area contributed by atoms with Crippen molar-refractivity contribution in [1.29, 1.82) is 5.41 Å². The molecule has 0 bridgehead atoms. The molecule has 0 unspecified atom stereocenters. The van der Waals surface area contributed by atoms with Gasteiger partial charge >= 0.3 is 0 Å². The number of fused-ring (bicyclic) bond motifs is 2. The Morgan fingerprint density at radius 1 is 1.10 bits per heavy atom. The second kappa shape index (κ2) is 6.29. The molecule has 106 valence electrons. The molecule has 1 heterocycles. The van der Waals surface area contributed by atoms with Crippen molar-refractivity contribution in [1.82, 2.24) is 10.4 Å². The topological polar surface area (TPSA) is 118 Å². The number of rotatable bonds is 1. The van der Waals surface area contributed by atoms with E-state index in [1.54, 1.807) is 0 Å². The summed E-state index contributed by atoms with van der Waals surface area (Å²) in [5, 5.41) is 17.0. The Balaban J connectivity index is 0.000000199. The van der Waals surface area contributed by atoms with Crippen LogP contribution in [0.25, 0.3) is 21.8 Å². The van der Waals surface area contributed by atoms with Crippen LogP contribution < -0.4 is 11.2 Å². The zero-order valence-electron chi connectivity index (χ0n) is 11.0. The van der Waals surface area contributed by atoms with Crippen LogP contribution in [0.15, 0.2) is 54.6 Å². The lowest BCUT2D eigenvalue weighted by Gasteiger charge is -1.99. The Labute approximate surface area is 120 Å². The summed E-state index contributed by atoms with van der Waals surface area (Å²) in [7, 11) is 0. The molecule has 0 spiro atoms. The third-order valence-corrected chi connectivity index (χ3v) is 2.64. The van der Waals surface area contributed by atoms with E-state index < -0.39 is 11.0 Å². The lowest BCUT2D eigenvalue weighted by atomic mass is 10.1. The summed E-state index contributed by atoms with van der Waals surface area (Å²) < 4.78 is 0. The van der Waals surface area contributed by atoms with E-state index >= 15 is 0 Å². The van der Waals surface area contributed by atoms with Crippen molar-refractivity contribution in [3.63, 3.8) is 0 Å². The molecule has 0 aliphatic heterocycles. The average Bonchev–Trinajstić information content (AvgIpc) is 2.44. The van der Waals surface area contributed by atoms with E-state index in [4.69, 9.17) is 5.41 Å². The minimum Gasteiger partial charge on any atom is -0.366 e. The maximum Gasteiger partial charge on any atom is 0.248 e. The van der Waals surface area contributed by atoms with Gasteiger partial charge in [0, 0.05) is 10.8 Å². The van der Waals surface area contributed by atoms with Gasteiger partial charge < -0.3 is 5.73 Å². The standard InChI is InChI=1S/C13H9N.CH4N4O2/c1-3-7-12-10(5-1)9-11-6-2-4-8-13(11)14-12;2-1(3)4-5(6)7/h1-9H;(H4,2,3,4). The largest absolute Gasteiger partial charge is 0.366 e. The number of para-hydroxylation sites is 2. The summed E-state index contributed by atoms with van der Waals surface area (Å²) in [5.74, 6) is -0.662. The van der Waals surface area contributed by atoms with Crippen molar-refractivity contribution >= 4 is 27.8 Å². The Kier molecular flexibility index (Phi) is 4.25. The van der Waals surface area contributed by atoms with Crippen LogP contribution in [0.1, 0.15) is 0 Å². The lowest BCUT2D eigenvalue weighted by Crippen LogP contribution is -2.34. The highest BCUT2D eigenvalue weighted by Crippen LogP contribution is 2.18. The first-order valence-corrected chi connectivity index (χ1v) is 6.06. The Morgan fingerprint density at radius 2 is 1.57 bits per heavy atom. The van der Waals surface area contributed by atoms with Crippen molar-refractivity contribution in [3.8, 4) is 0 Å². The van der Waals surface area contributed by atoms with Crippen LogP contribution in [0.5, 0.6) is 0 Å². The fourth-order valence-corrected chi connectivity index (χ4v) is 1.82. The SMILES string of the molecule is N=C(N)N[N+](=O)[O-].c1ccc2nc3ccccc3cc2c1.